The average molecular weight is 418 g/mol. The Morgan fingerprint density at radius 2 is 1.97 bits per heavy atom. The second kappa shape index (κ2) is 10.4. The minimum atomic E-state index is 0.0739. The molecule has 8 nitrogen and oxygen atoms in total. The molecule has 1 aromatic heterocycles. The van der Waals surface area contributed by atoms with Crippen molar-refractivity contribution in [3.05, 3.63) is 18.7 Å². The van der Waals surface area contributed by atoms with Gasteiger partial charge in [0.05, 0.1) is 6.33 Å². The Labute approximate surface area is 178 Å². The fraction of sp³-hybridized carbons (Fsp3) is 0.773. The second-order valence-corrected chi connectivity index (χ2v) is 8.84. The number of rotatable bonds is 9. The molecule has 1 atom stereocenters. The number of aryl methyl sites for hydroxylation is 1. The van der Waals surface area contributed by atoms with Crippen molar-refractivity contribution in [2.75, 3.05) is 39.4 Å². The monoisotopic (exact) mass is 417 g/mol. The van der Waals surface area contributed by atoms with Crippen LogP contribution < -0.4 is 5.32 Å². The third-order valence-corrected chi connectivity index (χ3v) is 6.61. The lowest BCUT2D eigenvalue weighted by Gasteiger charge is -2.44. The summed E-state index contributed by atoms with van der Waals surface area (Å²) in [4.78, 5) is 33.5. The molecule has 0 aromatic carbocycles. The molecule has 1 aromatic rings. The molecule has 8 heteroatoms. The van der Waals surface area contributed by atoms with Crippen LogP contribution in [0.2, 0.25) is 0 Å². The van der Waals surface area contributed by atoms with Crippen molar-refractivity contribution in [1.82, 2.24) is 24.7 Å². The standard InChI is InChI=1S/C22H35N5O3/c28-21(5-11-25-12-8-23-17-25)24-9-13-27(19-6-14-30-15-7-19)20-2-1-10-26(16-20)22(29)18-3-4-18/h8,12,17-20H,1-7,9-11,13-16H2,(H,24,28). The fourth-order valence-electron chi connectivity index (χ4n) is 4.76. The van der Waals surface area contributed by atoms with Crippen LogP contribution in [0.25, 0.3) is 0 Å². The van der Waals surface area contributed by atoms with Crippen molar-refractivity contribution in [1.29, 1.82) is 0 Å². The highest BCUT2D eigenvalue weighted by Crippen LogP contribution is 2.32. The summed E-state index contributed by atoms with van der Waals surface area (Å²) in [6.07, 6.45) is 12.2. The molecule has 30 heavy (non-hydrogen) atoms. The van der Waals surface area contributed by atoms with E-state index in [9.17, 15) is 9.59 Å². The average Bonchev–Trinajstić information content (AvgIpc) is 3.50. The summed E-state index contributed by atoms with van der Waals surface area (Å²) in [5.41, 5.74) is 0. The summed E-state index contributed by atoms with van der Waals surface area (Å²) >= 11 is 0. The van der Waals surface area contributed by atoms with Crippen LogP contribution in [0.4, 0.5) is 0 Å². The molecule has 3 fully saturated rings. The van der Waals surface area contributed by atoms with Crippen LogP contribution in [-0.4, -0.2) is 82.6 Å². The molecule has 0 bridgehead atoms. The first kappa shape index (κ1) is 21.3. The van der Waals surface area contributed by atoms with E-state index in [2.05, 4.69) is 20.1 Å². The molecule has 1 N–H and O–H groups in total. The maximum Gasteiger partial charge on any atom is 0.225 e. The summed E-state index contributed by atoms with van der Waals surface area (Å²) in [7, 11) is 0. The summed E-state index contributed by atoms with van der Waals surface area (Å²) in [5.74, 6) is 0.722. The van der Waals surface area contributed by atoms with E-state index in [0.717, 1.165) is 71.4 Å². The SMILES string of the molecule is O=C(CCn1ccnc1)NCCN(C1CCOCC1)C1CCCN(C(=O)C2CC2)C1. The Balaban J connectivity index is 1.29. The summed E-state index contributed by atoms with van der Waals surface area (Å²) in [6, 6.07) is 0.856. The molecule has 1 aliphatic carbocycles. The minimum absolute atomic E-state index is 0.0739. The lowest BCUT2D eigenvalue weighted by molar-refractivity contribution is -0.135. The topological polar surface area (TPSA) is 79.7 Å². The third kappa shape index (κ3) is 5.82. The maximum absolute atomic E-state index is 12.6. The van der Waals surface area contributed by atoms with Gasteiger partial charge in [0.25, 0.3) is 0 Å². The molecule has 2 amide bonds. The Morgan fingerprint density at radius 1 is 1.13 bits per heavy atom. The Bertz CT molecular complexity index is 685. The largest absolute Gasteiger partial charge is 0.381 e. The van der Waals surface area contributed by atoms with Crippen LogP contribution in [0.5, 0.6) is 0 Å². The fourth-order valence-corrected chi connectivity index (χ4v) is 4.76. The van der Waals surface area contributed by atoms with Gasteiger partial charge >= 0.3 is 0 Å². The van der Waals surface area contributed by atoms with E-state index in [4.69, 9.17) is 4.74 Å². The molecule has 3 aliphatic rings. The van der Waals surface area contributed by atoms with E-state index >= 15 is 0 Å². The van der Waals surface area contributed by atoms with E-state index in [1.807, 2.05) is 10.8 Å². The van der Waals surface area contributed by atoms with Crippen molar-refractivity contribution in [3.8, 4) is 0 Å². The Morgan fingerprint density at radius 3 is 2.70 bits per heavy atom. The van der Waals surface area contributed by atoms with Crippen LogP contribution in [0.1, 0.15) is 44.9 Å². The van der Waals surface area contributed by atoms with Gasteiger partial charge in [-0.1, -0.05) is 0 Å². The van der Waals surface area contributed by atoms with E-state index in [1.54, 1.807) is 12.5 Å². The molecular weight excluding hydrogens is 382 g/mol. The van der Waals surface area contributed by atoms with E-state index < -0.39 is 0 Å². The maximum atomic E-state index is 12.6. The van der Waals surface area contributed by atoms with Gasteiger partial charge in [-0.25, -0.2) is 4.98 Å². The number of carbonyl (C=O) groups is 2. The van der Waals surface area contributed by atoms with Gasteiger partial charge in [-0.05, 0) is 38.5 Å². The molecule has 2 aliphatic heterocycles. The van der Waals surface area contributed by atoms with Crippen molar-refractivity contribution in [2.24, 2.45) is 5.92 Å². The van der Waals surface area contributed by atoms with Gasteiger partial charge in [0.2, 0.25) is 11.8 Å². The molecule has 166 valence electrons. The molecule has 0 spiro atoms. The van der Waals surface area contributed by atoms with E-state index in [-0.39, 0.29) is 11.8 Å². The van der Waals surface area contributed by atoms with Gasteiger partial charge < -0.3 is 19.5 Å². The number of nitrogens with one attached hydrogen (secondary N) is 1. The second-order valence-electron chi connectivity index (χ2n) is 8.84. The Hall–Kier alpha value is -1.93. The zero-order valence-corrected chi connectivity index (χ0v) is 17.9. The van der Waals surface area contributed by atoms with Gasteiger partial charge in [-0.15, -0.1) is 0 Å². The van der Waals surface area contributed by atoms with Crippen LogP contribution in [0, 0.1) is 5.92 Å². The van der Waals surface area contributed by atoms with Gasteiger partial charge in [0.15, 0.2) is 0 Å². The number of hydrogen-bond acceptors (Lipinski definition) is 5. The zero-order valence-electron chi connectivity index (χ0n) is 17.9. The van der Waals surface area contributed by atoms with Crippen molar-refractivity contribution in [2.45, 2.75) is 63.6 Å². The normalized spacial score (nSPS) is 23.0. The minimum Gasteiger partial charge on any atom is -0.381 e. The summed E-state index contributed by atoms with van der Waals surface area (Å²) in [6.45, 7) is 5.46. The number of carbonyl (C=O) groups excluding carboxylic acids is 2. The third-order valence-electron chi connectivity index (χ3n) is 6.61. The zero-order chi connectivity index (χ0) is 20.8. The highest BCUT2D eigenvalue weighted by molar-refractivity contribution is 5.81. The first-order valence-electron chi connectivity index (χ1n) is 11.6. The Kier molecular flexibility index (Phi) is 7.38. The number of nitrogens with zero attached hydrogens (tertiary/aromatic N) is 4. The molecule has 1 unspecified atom stereocenters. The molecule has 3 heterocycles. The van der Waals surface area contributed by atoms with Gasteiger partial charge in [0.1, 0.15) is 0 Å². The molecule has 4 rings (SSSR count). The van der Waals surface area contributed by atoms with E-state index in [0.29, 0.717) is 37.5 Å². The van der Waals surface area contributed by atoms with Crippen molar-refractivity contribution < 1.29 is 14.3 Å². The molecule has 1 saturated carbocycles. The molecular formula is C22H35N5O3. The highest BCUT2D eigenvalue weighted by atomic mass is 16.5. The summed E-state index contributed by atoms with van der Waals surface area (Å²) < 4.78 is 7.50. The number of piperidine rings is 1. The number of imidazole rings is 1. The molecule has 0 radical (unpaired) electrons. The summed E-state index contributed by atoms with van der Waals surface area (Å²) in [5, 5.41) is 3.09. The van der Waals surface area contributed by atoms with Crippen molar-refractivity contribution in [3.63, 3.8) is 0 Å². The lowest BCUT2D eigenvalue weighted by atomic mass is 9.98. The van der Waals surface area contributed by atoms with Crippen LogP contribution in [-0.2, 0) is 20.9 Å². The lowest BCUT2D eigenvalue weighted by Crippen LogP contribution is -2.55. The number of amides is 2. The first-order chi connectivity index (χ1) is 14.7. The highest BCUT2D eigenvalue weighted by Gasteiger charge is 2.37. The van der Waals surface area contributed by atoms with Crippen LogP contribution >= 0.6 is 0 Å². The van der Waals surface area contributed by atoms with Crippen LogP contribution in [0.3, 0.4) is 0 Å². The first-order valence-corrected chi connectivity index (χ1v) is 11.6. The smallest absolute Gasteiger partial charge is 0.225 e. The van der Waals surface area contributed by atoms with E-state index in [1.165, 1.54) is 0 Å². The number of ether oxygens (including phenoxy) is 1. The number of hydrogen-bond donors (Lipinski definition) is 1. The predicted octanol–water partition coefficient (Wildman–Crippen LogP) is 1.27. The van der Waals surface area contributed by atoms with Gasteiger partial charge in [-0.2, -0.15) is 0 Å². The number of aromatic nitrogens is 2. The quantitative estimate of drug-likeness (QED) is 0.655. The van der Waals surface area contributed by atoms with Gasteiger partial charge in [0, 0.05) is 82.8 Å². The predicted molar refractivity (Wildman–Crippen MR) is 113 cm³/mol. The van der Waals surface area contributed by atoms with Gasteiger partial charge in [-0.3, -0.25) is 14.5 Å². The van der Waals surface area contributed by atoms with Crippen LogP contribution in [0.15, 0.2) is 18.7 Å². The number of likely N-dealkylation sites (tertiary alicyclic amines) is 1. The molecule has 2 saturated heterocycles. The van der Waals surface area contributed by atoms with Crippen molar-refractivity contribution >= 4 is 11.8 Å².